The number of methoxy groups -OCH3 is 1. The van der Waals surface area contributed by atoms with E-state index in [1.54, 1.807) is 12.1 Å². The molecule has 0 aromatic heterocycles. The summed E-state index contributed by atoms with van der Waals surface area (Å²) in [6.07, 6.45) is 1.91. The van der Waals surface area contributed by atoms with Gasteiger partial charge in [0.1, 0.15) is 0 Å². The summed E-state index contributed by atoms with van der Waals surface area (Å²) in [6.45, 7) is 5.92. The number of benzene rings is 1. The van der Waals surface area contributed by atoms with E-state index < -0.39 is 0 Å². The van der Waals surface area contributed by atoms with Gasteiger partial charge >= 0.3 is 5.97 Å². The summed E-state index contributed by atoms with van der Waals surface area (Å²) in [4.78, 5) is 11.3. The van der Waals surface area contributed by atoms with Crippen molar-refractivity contribution in [3.05, 3.63) is 35.4 Å². The van der Waals surface area contributed by atoms with Crippen LogP contribution in [-0.2, 0) is 11.3 Å². The number of ether oxygens (including phenoxy) is 1. The van der Waals surface area contributed by atoms with Crippen LogP contribution in [0.4, 0.5) is 0 Å². The molecule has 20 heavy (non-hydrogen) atoms. The molecule has 112 valence electrons. The third kappa shape index (κ3) is 4.32. The van der Waals surface area contributed by atoms with E-state index in [-0.39, 0.29) is 18.0 Å². The summed E-state index contributed by atoms with van der Waals surface area (Å²) >= 11 is 0. The first-order chi connectivity index (χ1) is 9.60. The molecule has 0 bridgehead atoms. The van der Waals surface area contributed by atoms with Gasteiger partial charge in [0.15, 0.2) is 0 Å². The SMILES string of the molecule is CCC(CC)(CO)CNCc1ccc(C(=O)OC)cc1. The summed E-state index contributed by atoms with van der Waals surface area (Å²) in [5.41, 5.74) is 1.63. The molecule has 0 aliphatic heterocycles. The Morgan fingerprint density at radius 2 is 1.85 bits per heavy atom. The number of hydrogen-bond acceptors (Lipinski definition) is 4. The third-order valence-electron chi connectivity index (χ3n) is 4.04. The molecule has 0 atom stereocenters. The van der Waals surface area contributed by atoms with E-state index in [0.717, 1.165) is 31.5 Å². The smallest absolute Gasteiger partial charge is 0.337 e. The highest BCUT2D eigenvalue weighted by Gasteiger charge is 2.24. The molecule has 0 aliphatic rings. The Morgan fingerprint density at radius 1 is 1.25 bits per heavy atom. The van der Waals surface area contributed by atoms with Crippen LogP contribution in [0.25, 0.3) is 0 Å². The lowest BCUT2D eigenvalue weighted by Crippen LogP contribution is -2.36. The van der Waals surface area contributed by atoms with Gasteiger partial charge in [0.2, 0.25) is 0 Å². The zero-order chi connectivity index (χ0) is 15.0. The van der Waals surface area contributed by atoms with Gasteiger partial charge in [-0.15, -0.1) is 0 Å². The average molecular weight is 279 g/mol. The highest BCUT2D eigenvalue weighted by atomic mass is 16.5. The second-order valence-corrected chi connectivity index (χ2v) is 5.16. The number of carbonyl (C=O) groups excluding carboxylic acids is 1. The summed E-state index contributed by atoms with van der Waals surface area (Å²) in [5.74, 6) is -0.319. The highest BCUT2D eigenvalue weighted by molar-refractivity contribution is 5.89. The Bertz CT molecular complexity index is 402. The maximum atomic E-state index is 11.3. The molecule has 0 unspecified atom stereocenters. The molecule has 0 amide bonds. The van der Waals surface area contributed by atoms with Gasteiger partial charge in [-0.1, -0.05) is 26.0 Å². The topological polar surface area (TPSA) is 58.6 Å². The van der Waals surface area contributed by atoms with Crippen LogP contribution in [-0.4, -0.2) is 31.3 Å². The van der Waals surface area contributed by atoms with Crippen molar-refractivity contribution in [2.45, 2.75) is 33.2 Å². The van der Waals surface area contributed by atoms with Gasteiger partial charge < -0.3 is 15.2 Å². The second kappa shape index (κ2) is 8.02. The average Bonchev–Trinajstić information content (AvgIpc) is 2.52. The minimum Gasteiger partial charge on any atom is -0.465 e. The number of rotatable bonds is 8. The van der Waals surface area contributed by atoms with Crippen LogP contribution in [0.3, 0.4) is 0 Å². The molecular weight excluding hydrogens is 254 g/mol. The standard InChI is InChI=1S/C16H25NO3/c1-4-16(5-2,12-18)11-17-10-13-6-8-14(9-7-13)15(19)20-3/h6-9,17-18H,4-5,10-12H2,1-3H3. The van der Waals surface area contributed by atoms with Crippen LogP contribution in [0.2, 0.25) is 0 Å². The van der Waals surface area contributed by atoms with Gasteiger partial charge in [0.25, 0.3) is 0 Å². The number of aliphatic hydroxyl groups is 1. The molecule has 1 aromatic carbocycles. The number of esters is 1. The van der Waals surface area contributed by atoms with Crippen molar-refractivity contribution >= 4 is 5.97 Å². The molecule has 1 rings (SSSR count). The van der Waals surface area contributed by atoms with Crippen molar-refractivity contribution in [2.24, 2.45) is 5.41 Å². The largest absolute Gasteiger partial charge is 0.465 e. The van der Waals surface area contributed by atoms with Crippen molar-refractivity contribution in [3.63, 3.8) is 0 Å². The van der Waals surface area contributed by atoms with E-state index in [2.05, 4.69) is 23.9 Å². The minimum absolute atomic E-state index is 0.0358. The van der Waals surface area contributed by atoms with Crippen molar-refractivity contribution < 1.29 is 14.6 Å². The molecule has 0 spiro atoms. The van der Waals surface area contributed by atoms with Crippen molar-refractivity contribution in [1.82, 2.24) is 5.32 Å². The van der Waals surface area contributed by atoms with E-state index in [9.17, 15) is 9.90 Å². The highest BCUT2D eigenvalue weighted by Crippen LogP contribution is 2.24. The first kappa shape index (κ1) is 16.7. The fraction of sp³-hybridized carbons (Fsp3) is 0.562. The maximum Gasteiger partial charge on any atom is 0.337 e. The predicted molar refractivity (Wildman–Crippen MR) is 79.6 cm³/mol. The Kier molecular flexibility index (Phi) is 6.68. The molecule has 0 radical (unpaired) electrons. The van der Waals surface area contributed by atoms with Gasteiger partial charge in [-0.25, -0.2) is 4.79 Å². The molecule has 2 N–H and O–H groups in total. The predicted octanol–water partition coefficient (Wildman–Crippen LogP) is 2.36. The van der Waals surface area contributed by atoms with Gasteiger partial charge in [0, 0.05) is 25.1 Å². The van der Waals surface area contributed by atoms with E-state index in [0.29, 0.717) is 5.56 Å². The monoisotopic (exact) mass is 279 g/mol. The van der Waals surface area contributed by atoms with Gasteiger partial charge in [-0.05, 0) is 30.5 Å². The van der Waals surface area contributed by atoms with Crippen LogP contribution in [0.1, 0.15) is 42.6 Å². The quantitative estimate of drug-likeness (QED) is 0.717. The fourth-order valence-electron chi connectivity index (χ4n) is 2.13. The van der Waals surface area contributed by atoms with Gasteiger partial charge in [0.05, 0.1) is 12.7 Å². The van der Waals surface area contributed by atoms with Crippen LogP contribution in [0, 0.1) is 5.41 Å². The zero-order valence-corrected chi connectivity index (χ0v) is 12.6. The zero-order valence-electron chi connectivity index (χ0n) is 12.6. The van der Waals surface area contributed by atoms with Crippen molar-refractivity contribution in [3.8, 4) is 0 Å². The fourth-order valence-corrected chi connectivity index (χ4v) is 2.13. The molecule has 0 fully saturated rings. The molecule has 0 saturated carbocycles. The third-order valence-corrected chi connectivity index (χ3v) is 4.04. The van der Waals surface area contributed by atoms with Gasteiger partial charge in [-0.3, -0.25) is 0 Å². The van der Waals surface area contributed by atoms with Crippen LogP contribution < -0.4 is 5.32 Å². The lowest BCUT2D eigenvalue weighted by molar-refractivity contribution is 0.0600. The first-order valence-electron chi connectivity index (χ1n) is 7.09. The summed E-state index contributed by atoms with van der Waals surface area (Å²) in [5, 5.41) is 12.9. The molecule has 0 heterocycles. The molecule has 4 heteroatoms. The van der Waals surface area contributed by atoms with E-state index in [4.69, 9.17) is 0 Å². The molecule has 0 saturated heterocycles. The number of hydrogen-bond donors (Lipinski definition) is 2. The van der Waals surface area contributed by atoms with Crippen LogP contribution in [0.15, 0.2) is 24.3 Å². The molecule has 0 aliphatic carbocycles. The van der Waals surface area contributed by atoms with Crippen molar-refractivity contribution in [2.75, 3.05) is 20.3 Å². The van der Waals surface area contributed by atoms with E-state index >= 15 is 0 Å². The maximum absolute atomic E-state index is 11.3. The Labute approximate surface area is 121 Å². The summed E-state index contributed by atoms with van der Waals surface area (Å²) in [6, 6.07) is 7.36. The van der Waals surface area contributed by atoms with E-state index in [1.165, 1.54) is 7.11 Å². The summed E-state index contributed by atoms with van der Waals surface area (Å²) < 4.78 is 4.66. The van der Waals surface area contributed by atoms with Crippen LogP contribution in [0.5, 0.6) is 0 Å². The molecule has 4 nitrogen and oxygen atoms in total. The Balaban J connectivity index is 2.52. The summed E-state index contributed by atoms with van der Waals surface area (Å²) in [7, 11) is 1.38. The first-order valence-corrected chi connectivity index (χ1v) is 7.09. The van der Waals surface area contributed by atoms with Gasteiger partial charge in [-0.2, -0.15) is 0 Å². The normalized spacial score (nSPS) is 11.4. The minimum atomic E-state index is -0.319. The second-order valence-electron chi connectivity index (χ2n) is 5.16. The number of nitrogens with one attached hydrogen (secondary N) is 1. The Morgan fingerprint density at radius 3 is 2.30 bits per heavy atom. The Hall–Kier alpha value is -1.39. The van der Waals surface area contributed by atoms with Crippen molar-refractivity contribution in [1.29, 1.82) is 0 Å². The number of carbonyl (C=O) groups is 1. The van der Waals surface area contributed by atoms with Crippen LogP contribution >= 0.6 is 0 Å². The molecular formula is C16H25NO3. The lowest BCUT2D eigenvalue weighted by atomic mass is 9.83. The number of aliphatic hydroxyl groups excluding tert-OH is 1. The molecule has 1 aromatic rings. The lowest BCUT2D eigenvalue weighted by Gasteiger charge is -2.29. The van der Waals surface area contributed by atoms with E-state index in [1.807, 2.05) is 12.1 Å².